The van der Waals surface area contributed by atoms with Crippen LogP contribution in [0.15, 0.2) is 103 Å². The lowest BCUT2D eigenvalue weighted by molar-refractivity contribution is 0.301. The van der Waals surface area contributed by atoms with Gasteiger partial charge in [-0.25, -0.2) is 4.98 Å². The third-order valence-electron chi connectivity index (χ3n) is 6.28. The highest BCUT2D eigenvalue weighted by Gasteiger charge is 2.11. The second-order valence-corrected chi connectivity index (χ2v) is 8.73. The van der Waals surface area contributed by atoms with Crippen LogP contribution in [0.25, 0.3) is 22.2 Å². The van der Waals surface area contributed by atoms with Crippen molar-refractivity contribution in [1.82, 2.24) is 9.55 Å². The van der Waals surface area contributed by atoms with E-state index in [0.29, 0.717) is 0 Å². The summed E-state index contributed by atoms with van der Waals surface area (Å²) in [5.41, 5.74) is 7.22. The molecule has 0 bridgehead atoms. The van der Waals surface area contributed by atoms with Gasteiger partial charge in [0.15, 0.2) is 0 Å². The molecule has 0 saturated heterocycles. The van der Waals surface area contributed by atoms with Crippen molar-refractivity contribution in [1.29, 1.82) is 0 Å². The molecule has 1 heterocycles. The molecule has 34 heavy (non-hydrogen) atoms. The summed E-state index contributed by atoms with van der Waals surface area (Å²) in [4.78, 5) is 4.98. The normalized spacial score (nSPS) is 11.1. The van der Waals surface area contributed by atoms with Crippen molar-refractivity contribution in [2.24, 2.45) is 0 Å². The molecule has 3 heteroatoms. The van der Waals surface area contributed by atoms with Crippen molar-refractivity contribution in [2.45, 2.75) is 32.7 Å². The standard InChI is InChI=1S/C31H30N2O/c1-24-11-5-8-16-30(24)34-22-10-9-21-33-29-15-7-6-14-28(29)32-31(33)23-25-17-19-27(20-18-25)26-12-3-2-4-13-26/h2-8,11-20H,9-10,21-23H2,1H3. The summed E-state index contributed by atoms with van der Waals surface area (Å²) in [5, 5.41) is 0. The molecule has 0 amide bonds. The van der Waals surface area contributed by atoms with Crippen LogP contribution in [-0.4, -0.2) is 16.2 Å². The molecular weight excluding hydrogens is 416 g/mol. The minimum absolute atomic E-state index is 0.730. The highest BCUT2D eigenvalue weighted by atomic mass is 16.5. The fourth-order valence-electron chi connectivity index (χ4n) is 4.41. The minimum Gasteiger partial charge on any atom is -0.493 e. The lowest BCUT2D eigenvalue weighted by atomic mass is 10.0. The van der Waals surface area contributed by atoms with Crippen LogP contribution in [0.1, 0.15) is 29.8 Å². The predicted molar refractivity (Wildman–Crippen MR) is 140 cm³/mol. The zero-order valence-corrected chi connectivity index (χ0v) is 19.7. The Hall–Kier alpha value is -3.85. The first-order valence-electron chi connectivity index (χ1n) is 12.0. The fourth-order valence-corrected chi connectivity index (χ4v) is 4.41. The molecule has 0 spiro atoms. The lowest BCUT2D eigenvalue weighted by Gasteiger charge is -2.11. The maximum atomic E-state index is 5.99. The van der Waals surface area contributed by atoms with Crippen molar-refractivity contribution in [3.8, 4) is 16.9 Å². The molecule has 4 aromatic carbocycles. The van der Waals surface area contributed by atoms with Gasteiger partial charge in [0.2, 0.25) is 0 Å². The largest absolute Gasteiger partial charge is 0.493 e. The van der Waals surface area contributed by atoms with Gasteiger partial charge in [-0.3, -0.25) is 0 Å². The van der Waals surface area contributed by atoms with Crippen LogP contribution >= 0.6 is 0 Å². The van der Waals surface area contributed by atoms with Gasteiger partial charge in [0.25, 0.3) is 0 Å². The van der Waals surface area contributed by atoms with Crippen molar-refractivity contribution in [2.75, 3.05) is 6.61 Å². The smallest absolute Gasteiger partial charge is 0.122 e. The van der Waals surface area contributed by atoms with E-state index in [1.54, 1.807) is 0 Å². The number of aromatic nitrogens is 2. The molecule has 0 saturated carbocycles. The molecule has 0 aliphatic rings. The van der Waals surface area contributed by atoms with E-state index in [1.807, 2.05) is 18.2 Å². The lowest BCUT2D eigenvalue weighted by Crippen LogP contribution is -2.07. The van der Waals surface area contributed by atoms with E-state index in [0.717, 1.165) is 49.5 Å². The Bertz CT molecular complexity index is 1350. The Morgan fingerprint density at radius 1 is 0.706 bits per heavy atom. The number of ether oxygens (including phenoxy) is 1. The topological polar surface area (TPSA) is 27.1 Å². The van der Waals surface area contributed by atoms with Gasteiger partial charge in [-0.05, 0) is 60.2 Å². The molecule has 5 aromatic rings. The molecule has 0 N–H and O–H groups in total. The van der Waals surface area contributed by atoms with Gasteiger partial charge in [-0.1, -0.05) is 84.9 Å². The van der Waals surface area contributed by atoms with E-state index < -0.39 is 0 Å². The molecule has 170 valence electrons. The summed E-state index contributed by atoms with van der Waals surface area (Å²) >= 11 is 0. The third kappa shape index (κ3) is 5.04. The van der Waals surface area contributed by atoms with Crippen LogP contribution in [0.5, 0.6) is 5.75 Å². The molecule has 3 nitrogen and oxygen atoms in total. The number of nitrogens with zero attached hydrogens (tertiary/aromatic N) is 2. The van der Waals surface area contributed by atoms with Gasteiger partial charge in [0.05, 0.1) is 17.6 Å². The second kappa shape index (κ2) is 10.4. The zero-order chi connectivity index (χ0) is 23.2. The van der Waals surface area contributed by atoms with E-state index in [1.165, 1.54) is 27.8 Å². The average molecular weight is 447 g/mol. The molecule has 5 rings (SSSR count). The number of imidazole rings is 1. The van der Waals surface area contributed by atoms with E-state index in [4.69, 9.17) is 9.72 Å². The summed E-state index contributed by atoms with van der Waals surface area (Å²) < 4.78 is 8.38. The molecular formula is C31H30N2O. The molecule has 0 unspecified atom stereocenters. The van der Waals surface area contributed by atoms with Crippen LogP contribution in [0.2, 0.25) is 0 Å². The molecule has 0 fully saturated rings. The van der Waals surface area contributed by atoms with Gasteiger partial charge in [-0.2, -0.15) is 0 Å². The highest BCUT2D eigenvalue weighted by Crippen LogP contribution is 2.23. The Morgan fingerprint density at radius 3 is 2.24 bits per heavy atom. The molecule has 0 radical (unpaired) electrons. The van der Waals surface area contributed by atoms with Crippen molar-refractivity contribution < 1.29 is 4.74 Å². The number of unbranched alkanes of at least 4 members (excludes halogenated alkanes) is 1. The first-order valence-corrected chi connectivity index (χ1v) is 12.0. The monoisotopic (exact) mass is 446 g/mol. The van der Waals surface area contributed by atoms with E-state index >= 15 is 0 Å². The summed E-state index contributed by atoms with van der Waals surface area (Å²) in [6.07, 6.45) is 2.88. The molecule has 0 atom stereocenters. The third-order valence-corrected chi connectivity index (χ3v) is 6.28. The van der Waals surface area contributed by atoms with Gasteiger partial charge in [0.1, 0.15) is 11.6 Å². The predicted octanol–water partition coefficient (Wildman–Crippen LogP) is 7.46. The number of hydrogen-bond acceptors (Lipinski definition) is 2. The summed E-state index contributed by atoms with van der Waals surface area (Å²) in [6, 6.07) is 36.0. The Balaban J connectivity index is 1.27. The Labute approximate surface area is 201 Å². The minimum atomic E-state index is 0.730. The zero-order valence-electron chi connectivity index (χ0n) is 19.7. The molecule has 0 aliphatic heterocycles. The van der Waals surface area contributed by atoms with Crippen LogP contribution in [0, 0.1) is 6.92 Å². The molecule has 1 aromatic heterocycles. The highest BCUT2D eigenvalue weighted by molar-refractivity contribution is 5.76. The maximum absolute atomic E-state index is 5.99. The summed E-state index contributed by atoms with van der Waals surface area (Å²) in [7, 11) is 0. The van der Waals surface area contributed by atoms with Crippen LogP contribution in [-0.2, 0) is 13.0 Å². The van der Waals surface area contributed by atoms with Gasteiger partial charge in [-0.15, -0.1) is 0 Å². The van der Waals surface area contributed by atoms with Crippen LogP contribution in [0.3, 0.4) is 0 Å². The molecule has 0 aliphatic carbocycles. The van der Waals surface area contributed by atoms with Crippen molar-refractivity contribution in [3.63, 3.8) is 0 Å². The van der Waals surface area contributed by atoms with Crippen LogP contribution in [0.4, 0.5) is 0 Å². The van der Waals surface area contributed by atoms with Gasteiger partial charge < -0.3 is 9.30 Å². The van der Waals surface area contributed by atoms with Gasteiger partial charge >= 0.3 is 0 Å². The number of hydrogen-bond donors (Lipinski definition) is 0. The number of fused-ring (bicyclic) bond motifs is 1. The Kier molecular flexibility index (Phi) is 6.71. The summed E-state index contributed by atoms with van der Waals surface area (Å²) in [5.74, 6) is 2.10. The second-order valence-electron chi connectivity index (χ2n) is 8.73. The number of para-hydroxylation sites is 3. The fraction of sp³-hybridized carbons (Fsp3) is 0.194. The van der Waals surface area contributed by atoms with Crippen molar-refractivity contribution >= 4 is 11.0 Å². The maximum Gasteiger partial charge on any atom is 0.122 e. The van der Waals surface area contributed by atoms with E-state index in [2.05, 4.69) is 96.4 Å². The Morgan fingerprint density at radius 2 is 1.41 bits per heavy atom. The van der Waals surface area contributed by atoms with E-state index in [9.17, 15) is 0 Å². The number of benzene rings is 4. The number of rotatable bonds is 9. The van der Waals surface area contributed by atoms with Crippen LogP contribution < -0.4 is 4.74 Å². The average Bonchev–Trinajstić information content (AvgIpc) is 3.23. The van der Waals surface area contributed by atoms with Gasteiger partial charge in [0, 0.05) is 13.0 Å². The quantitative estimate of drug-likeness (QED) is 0.220. The van der Waals surface area contributed by atoms with E-state index in [-0.39, 0.29) is 0 Å². The summed E-state index contributed by atoms with van der Waals surface area (Å²) in [6.45, 7) is 3.76. The first kappa shape index (κ1) is 22.0. The first-order chi connectivity index (χ1) is 16.8. The number of aryl methyl sites for hydroxylation is 2. The van der Waals surface area contributed by atoms with Crippen molar-refractivity contribution in [3.05, 3.63) is 120 Å². The SMILES string of the molecule is Cc1ccccc1OCCCCn1c(Cc2ccc(-c3ccccc3)cc2)nc2ccccc21.